The number of thiazole rings is 1. The Morgan fingerprint density at radius 3 is 2.53 bits per heavy atom. The Balaban J connectivity index is 1.74. The highest BCUT2D eigenvalue weighted by Crippen LogP contribution is 2.33. The zero-order valence-corrected chi connectivity index (χ0v) is 17.9. The van der Waals surface area contributed by atoms with Crippen LogP contribution in [0.4, 0.5) is 18.9 Å². The minimum absolute atomic E-state index is 0.152. The summed E-state index contributed by atoms with van der Waals surface area (Å²) in [6.45, 7) is 2.43. The summed E-state index contributed by atoms with van der Waals surface area (Å²) in [7, 11) is 0. The first-order valence-corrected chi connectivity index (χ1v) is 10.9. The molecule has 1 saturated heterocycles. The number of aromatic nitrogens is 1. The predicted molar refractivity (Wildman–Crippen MR) is 116 cm³/mol. The smallest absolute Gasteiger partial charge is 0.206 e. The van der Waals surface area contributed by atoms with Crippen LogP contribution in [0.3, 0.4) is 0 Å². The number of hydrogen-bond acceptors (Lipinski definition) is 6. The van der Waals surface area contributed by atoms with E-state index in [-0.39, 0.29) is 17.3 Å². The van der Waals surface area contributed by atoms with Crippen LogP contribution in [0.1, 0.15) is 33.9 Å². The monoisotopic (exact) mass is 456 g/mol. The van der Waals surface area contributed by atoms with E-state index in [2.05, 4.69) is 15.6 Å². The number of Topliss-reactive ketones (excluding diaryl/α,β-unsaturated/α-hetero) is 1. The number of hydrogen-bond donors (Lipinski definition) is 2. The number of benzene rings is 2. The Kier molecular flexibility index (Phi) is 6.26. The zero-order valence-electron chi connectivity index (χ0n) is 17.1. The Bertz CT molecular complexity index is 1170. The van der Waals surface area contributed by atoms with Crippen molar-refractivity contribution in [3.63, 3.8) is 0 Å². The van der Waals surface area contributed by atoms with Crippen LogP contribution in [0.25, 0.3) is 10.4 Å². The average molecular weight is 456 g/mol. The summed E-state index contributed by atoms with van der Waals surface area (Å²) in [6.07, 6.45) is 1.45. The van der Waals surface area contributed by atoms with Gasteiger partial charge in [-0.2, -0.15) is 5.26 Å². The Hall–Kier alpha value is -3.22. The number of nitrogens with zero attached hydrogens (tertiary/aromatic N) is 2. The maximum Gasteiger partial charge on any atom is 0.206 e. The first-order valence-electron chi connectivity index (χ1n) is 10.0. The molecule has 0 saturated carbocycles. The zero-order chi connectivity index (χ0) is 22.8. The molecule has 3 aromatic rings. The second-order valence-electron chi connectivity index (χ2n) is 7.53. The van der Waals surface area contributed by atoms with Crippen molar-refractivity contribution in [1.29, 1.82) is 5.26 Å². The Morgan fingerprint density at radius 2 is 1.94 bits per heavy atom. The van der Waals surface area contributed by atoms with Gasteiger partial charge < -0.3 is 10.6 Å². The molecule has 1 unspecified atom stereocenters. The molecule has 0 spiro atoms. The predicted octanol–water partition coefficient (Wildman–Crippen LogP) is 4.82. The summed E-state index contributed by atoms with van der Waals surface area (Å²) in [6, 6.07) is 7.93. The molecule has 5 nitrogen and oxygen atoms in total. The van der Waals surface area contributed by atoms with Crippen molar-refractivity contribution < 1.29 is 18.0 Å². The number of ketones is 1. The molecular weight excluding hydrogens is 437 g/mol. The summed E-state index contributed by atoms with van der Waals surface area (Å²) in [5.74, 6) is -2.73. The molecule has 1 aliphatic rings. The molecule has 32 heavy (non-hydrogen) atoms. The van der Waals surface area contributed by atoms with Crippen LogP contribution < -0.4 is 10.6 Å². The number of aryl methyl sites for hydroxylation is 1. The summed E-state index contributed by atoms with van der Waals surface area (Å²) < 4.78 is 42.5. The summed E-state index contributed by atoms with van der Waals surface area (Å²) in [4.78, 5) is 18.6. The van der Waals surface area contributed by atoms with Crippen molar-refractivity contribution in [2.45, 2.75) is 31.8 Å². The highest BCUT2D eigenvalue weighted by Gasteiger charge is 2.35. The minimum atomic E-state index is -0.991. The molecule has 2 aromatic carbocycles. The van der Waals surface area contributed by atoms with Crippen LogP contribution in [0, 0.1) is 35.7 Å². The van der Waals surface area contributed by atoms with E-state index in [1.165, 1.54) is 23.5 Å². The van der Waals surface area contributed by atoms with Gasteiger partial charge in [0.2, 0.25) is 5.78 Å². The van der Waals surface area contributed by atoms with Crippen LogP contribution in [-0.4, -0.2) is 29.4 Å². The fraction of sp³-hybridized carbons (Fsp3) is 0.261. The Labute approximate surface area is 186 Å². The maximum atomic E-state index is 14.6. The minimum Gasteiger partial charge on any atom is -0.369 e. The van der Waals surface area contributed by atoms with E-state index in [9.17, 15) is 18.0 Å². The highest BCUT2D eigenvalue weighted by molar-refractivity contribution is 7.15. The third-order valence-corrected chi connectivity index (χ3v) is 6.35. The normalized spacial score (nSPS) is 16.5. The van der Waals surface area contributed by atoms with Crippen molar-refractivity contribution in [2.24, 2.45) is 0 Å². The van der Waals surface area contributed by atoms with E-state index in [0.717, 1.165) is 18.6 Å². The number of carbonyl (C=O) groups excluding carboxylic acids is 1. The molecule has 0 bridgehead atoms. The second-order valence-corrected chi connectivity index (χ2v) is 8.74. The number of rotatable bonds is 6. The summed E-state index contributed by atoms with van der Waals surface area (Å²) in [5.41, 5.74) is 0.182. The van der Waals surface area contributed by atoms with Gasteiger partial charge in [-0.15, -0.1) is 11.3 Å². The van der Waals surface area contributed by atoms with Crippen molar-refractivity contribution in [1.82, 2.24) is 10.3 Å². The lowest BCUT2D eigenvalue weighted by Gasteiger charge is -2.25. The fourth-order valence-electron chi connectivity index (χ4n) is 3.81. The largest absolute Gasteiger partial charge is 0.369 e. The quantitative estimate of drug-likeness (QED) is 0.520. The van der Waals surface area contributed by atoms with Gasteiger partial charge in [-0.05, 0) is 56.1 Å². The lowest BCUT2D eigenvalue weighted by molar-refractivity contribution is 0.0951. The summed E-state index contributed by atoms with van der Waals surface area (Å²) in [5, 5.41) is 15.5. The van der Waals surface area contributed by atoms with Crippen LogP contribution in [0.15, 0.2) is 36.4 Å². The van der Waals surface area contributed by atoms with E-state index in [0.29, 0.717) is 28.4 Å². The molecule has 1 fully saturated rings. The molecule has 0 radical (unpaired) electrons. The van der Waals surface area contributed by atoms with Crippen LogP contribution in [-0.2, 0) is 0 Å². The van der Waals surface area contributed by atoms with Crippen molar-refractivity contribution in [3.05, 3.63) is 70.1 Å². The molecule has 2 atom stereocenters. The van der Waals surface area contributed by atoms with E-state index < -0.39 is 35.0 Å². The molecular formula is C23H19F3N4OS. The molecule has 0 aliphatic carbocycles. The van der Waals surface area contributed by atoms with Gasteiger partial charge >= 0.3 is 0 Å². The van der Waals surface area contributed by atoms with E-state index >= 15 is 0 Å². The third-order valence-electron chi connectivity index (χ3n) is 5.33. The first-order chi connectivity index (χ1) is 15.4. The van der Waals surface area contributed by atoms with E-state index in [1.54, 1.807) is 25.1 Å². The molecule has 4 rings (SSSR count). The third kappa shape index (κ3) is 4.38. The van der Waals surface area contributed by atoms with Crippen molar-refractivity contribution >= 4 is 22.8 Å². The van der Waals surface area contributed by atoms with Gasteiger partial charge in [-0.25, -0.2) is 18.2 Å². The standard InChI is InChI=1S/C23H19F3N4OS/c1-12-29-21(23(32-12)14-4-6-15(24)7-5-14)22(31)20(18-3-2-8-28-18)30-19-16(25)9-13(11-27)10-17(19)26/h4-7,9-10,18,20,28,30H,2-3,8H2,1H3/t18?,20-/m0/s1. The first kappa shape index (κ1) is 22.0. The molecule has 0 amide bonds. The van der Waals surface area contributed by atoms with E-state index in [4.69, 9.17) is 5.26 Å². The number of nitriles is 1. The molecule has 2 N–H and O–H groups in total. The number of nitrogens with one attached hydrogen (secondary N) is 2. The molecule has 1 aliphatic heterocycles. The second kappa shape index (κ2) is 9.10. The van der Waals surface area contributed by atoms with Gasteiger partial charge in [0.05, 0.1) is 21.5 Å². The number of halogens is 3. The van der Waals surface area contributed by atoms with Crippen molar-refractivity contribution in [2.75, 3.05) is 11.9 Å². The fourth-order valence-corrected chi connectivity index (χ4v) is 4.74. The topological polar surface area (TPSA) is 77.8 Å². The SMILES string of the molecule is Cc1nc(C(=O)[C@@H](Nc2c(F)cc(C#N)cc2F)C2CCCN2)c(-c2ccc(F)cc2)s1. The molecule has 1 aromatic heterocycles. The maximum absolute atomic E-state index is 14.6. The molecule has 2 heterocycles. The summed E-state index contributed by atoms with van der Waals surface area (Å²) >= 11 is 1.29. The molecule has 9 heteroatoms. The van der Waals surface area contributed by atoms with Gasteiger partial charge in [0.15, 0.2) is 11.6 Å². The Morgan fingerprint density at radius 1 is 1.25 bits per heavy atom. The lowest BCUT2D eigenvalue weighted by Crippen LogP contribution is -2.46. The molecule has 164 valence electrons. The van der Waals surface area contributed by atoms with Gasteiger partial charge in [-0.3, -0.25) is 4.79 Å². The van der Waals surface area contributed by atoms with Gasteiger partial charge in [0.1, 0.15) is 23.2 Å². The van der Waals surface area contributed by atoms with E-state index in [1.807, 2.05) is 0 Å². The van der Waals surface area contributed by atoms with Crippen molar-refractivity contribution in [3.8, 4) is 16.5 Å². The van der Waals surface area contributed by atoms with Crippen LogP contribution >= 0.6 is 11.3 Å². The van der Waals surface area contributed by atoms with Gasteiger partial charge in [0.25, 0.3) is 0 Å². The average Bonchev–Trinajstić information content (AvgIpc) is 3.43. The number of carbonyl (C=O) groups is 1. The lowest BCUT2D eigenvalue weighted by atomic mass is 9.97. The number of anilines is 1. The van der Waals surface area contributed by atoms with Crippen LogP contribution in [0.5, 0.6) is 0 Å². The van der Waals surface area contributed by atoms with Gasteiger partial charge in [-0.1, -0.05) is 12.1 Å². The van der Waals surface area contributed by atoms with Gasteiger partial charge in [0, 0.05) is 6.04 Å². The van der Waals surface area contributed by atoms with Crippen LogP contribution in [0.2, 0.25) is 0 Å². The highest BCUT2D eigenvalue weighted by atomic mass is 32.1.